The zero-order valence-corrected chi connectivity index (χ0v) is 21.5. The number of methoxy groups -OCH3 is 1. The van der Waals surface area contributed by atoms with E-state index >= 15 is 0 Å². The highest BCUT2D eigenvalue weighted by Crippen LogP contribution is 2.38. The molecule has 0 aliphatic heterocycles. The first-order chi connectivity index (χ1) is 15.7. The molecule has 8 heteroatoms. The Bertz CT molecular complexity index is 1150. The summed E-state index contributed by atoms with van der Waals surface area (Å²) in [5.74, 6) is 0.972. The van der Waals surface area contributed by atoms with Crippen LogP contribution in [0.1, 0.15) is 64.0 Å². The molecule has 0 amide bonds. The van der Waals surface area contributed by atoms with Gasteiger partial charge in [-0.2, -0.15) is 0 Å². The van der Waals surface area contributed by atoms with E-state index in [0.29, 0.717) is 38.5 Å². The molecule has 0 saturated heterocycles. The Hall–Kier alpha value is -2.44. The SMILES string of the molecule is CCC(CC)c1ccc(Cl)c2nc(Nc3c(C)cc(Cl)cc3OC)n(OC(=O)CC(C)C)c12. The van der Waals surface area contributed by atoms with Gasteiger partial charge >= 0.3 is 5.97 Å². The molecule has 178 valence electrons. The first-order valence-corrected chi connectivity index (χ1v) is 12.0. The maximum atomic E-state index is 12.7. The summed E-state index contributed by atoms with van der Waals surface area (Å²) < 4.78 is 7.01. The summed E-state index contributed by atoms with van der Waals surface area (Å²) in [6, 6.07) is 7.39. The Kier molecular flexibility index (Phi) is 8.14. The van der Waals surface area contributed by atoms with Crippen molar-refractivity contribution in [3.63, 3.8) is 0 Å². The molecule has 33 heavy (non-hydrogen) atoms. The number of aryl methyl sites for hydroxylation is 1. The molecule has 2 aromatic carbocycles. The van der Waals surface area contributed by atoms with Gasteiger partial charge in [-0.1, -0.05) is 57.0 Å². The van der Waals surface area contributed by atoms with E-state index in [9.17, 15) is 4.79 Å². The number of carbonyl (C=O) groups is 1. The second kappa shape index (κ2) is 10.7. The number of ether oxygens (including phenoxy) is 1. The number of nitrogens with zero attached hydrogens (tertiary/aromatic N) is 2. The standard InChI is InChI=1S/C25H31Cl2N3O3/c1-7-16(8-2)18-9-10-19(27)23-24(18)30(33-21(31)11-14(3)4)25(29-23)28-22-15(5)12-17(26)13-20(22)32-6/h9-10,12-14,16H,7-8,11H2,1-6H3,(H,28,29). The fraction of sp³-hybridized carbons (Fsp3) is 0.440. The van der Waals surface area contributed by atoms with E-state index in [4.69, 9.17) is 37.8 Å². The third-order valence-electron chi connectivity index (χ3n) is 5.66. The third-order valence-corrected chi connectivity index (χ3v) is 6.18. The van der Waals surface area contributed by atoms with Crippen LogP contribution in [-0.2, 0) is 4.79 Å². The summed E-state index contributed by atoms with van der Waals surface area (Å²) in [7, 11) is 1.57. The minimum absolute atomic E-state index is 0.157. The molecular formula is C25H31Cl2N3O3. The van der Waals surface area contributed by atoms with Crippen LogP contribution in [0.15, 0.2) is 24.3 Å². The van der Waals surface area contributed by atoms with Crippen molar-refractivity contribution in [3.8, 4) is 5.75 Å². The second-order valence-corrected chi connectivity index (χ2v) is 9.41. The van der Waals surface area contributed by atoms with Crippen LogP contribution in [0.3, 0.4) is 0 Å². The molecule has 6 nitrogen and oxygen atoms in total. The molecule has 0 radical (unpaired) electrons. The van der Waals surface area contributed by atoms with Crippen LogP contribution in [0.4, 0.5) is 11.6 Å². The van der Waals surface area contributed by atoms with Gasteiger partial charge in [0.05, 0.1) is 24.2 Å². The summed E-state index contributed by atoms with van der Waals surface area (Å²) in [6.07, 6.45) is 2.15. The molecule has 0 aliphatic rings. The molecule has 0 atom stereocenters. The van der Waals surface area contributed by atoms with Crippen LogP contribution in [0, 0.1) is 12.8 Å². The van der Waals surface area contributed by atoms with Gasteiger partial charge in [-0.15, -0.1) is 4.73 Å². The van der Waals surface area contributed by atoms with Crippen LogP contribution in [0.5, 0.6) is 5.75 Å². The predicted octanol–water partition coefficient (Wildman–Crippen LogP) is 7.31. The Labute approximate surface area is 205 Å². The molecule has 1 heterocycles. The normalized spacial score (nSPS) is 11.5. The fourth-order valence-electron chi connectivity index (χ4n) is 3.99. The summed E-state index contributed by atoms with van der Waals surface area (Å²) in [5, 5.41) is 4.35. The number of carbonyl (C=O) groups excluding carboxylic acids is 1. The van der Waals surface area contributed by atoms with Gasteiger partial charge in [0.15, 0.2) is 0 Å². The third kappa shape index (κ3) is 5.39. The lowest BCUT2D eigenvalue weighted by Gasteiger charge is -2.18. The van der Waals surface area contributed by atoms with Gasteiger partial charge in [-0.3, -0.25) is 0 Å². The van der Waals surface area contributed by atoms with Crippen LogP contribution < -0.4 is 14.9 Å². The summed E-state index contributed by atoms with van der Waals surface area (Å²) in [6.45, 7) is 10.1. The number of halogens is 2. The van der Waals surface area contributed by atoms with Gasteiger partial charge < -0.3 is 14.9 Å². The average molecular weight is 492 g/mol. The van der Waals surface area contributed by atoms with Gasteiger partial charge in [-0.25, -0.2) is 9.78 Å². The molecule has 0 spiro atoms. The van der Waals surface area contributed by atoms with Crippen molar-refractivity contribution in [1.82, 2.24) is 9.71 Å². The maximum Gasteiger partial charge on any atom is 0.333 e. The van der Waals surface area contributed by atoms with Gasteiger partial charge in [-0.05, 0) is 54.9 Å². The average Bonchev–Trinajstić information content (AvgIpc) is 3.10. The number of benzene rings is 2. The number of imidazole rings is 1. The number of anilines is 2. The van der Waals surface area contributed by atoms with Crippen molar-refractivity contribution in [3.05, 3.63) is 45.4 Å². The topological polar surface area (TPSA) is 65.4 Å². The molecular weight excluding hydrogens is 461 g/mol. The van der Waals surface area contributed by atoms with Crippen LogP contribution in [-0.4, -0.2) is 22.8 Å². The Morgan fingerprint density at radius 2 is 1.88 bits per heavy atom. The van der Waals surface area contributed by atoms with Crippen molar-refractivity contribution >= 4 is 51.8 Å². The van der Waals surface area contributed by atoms with Crippen molar-refractivity contribution in [2.45, 2.75) is 59.8 Å². The van der Waals surface area contributed by atoms with Crippen molar-refractivity contribution in [2.24, 2.45) is 5.92 Å². The highest BCUT2D eigenvalue weighted by atomic mass is 35.5. The van der Waals surface area contributed by atoms with Crippen molar-refractivity contribution < 1.29 is 14.4 Å². The van der Waals surface area contributed by atoms with Crippen molar-refractivity contribution in [2.75, 3.05) is 12.4 Å². The first-order valence-electron chi connectivity index (χ1n) is 11.2. The van der Waals surface area contributed by atoms with E-state index in [0.717, 1.165) is 24.0 Å². The molecule has 0 fully saturated rings. The zero-order chi connectivity index (χ0) is 24.3. The quantitative estimate of drug-likeness (QED) is 0.339. The fourth-order valence-corrected chi connectivity index (χ4v) is 4.45. The van der Waals surface area contributed by atoms with Gasteiger partial charge in [0.25, 0.3) is 0 Å². The van der Waals surface area contributed by atoms with E-state index < -0.39 is 0 Å². The highest BCUT2D eigenvalue weighted by Gasteiger charge is 2.24. The highest BCUT2D eigenvalue weighted by molar-refractivity contribution is 6.35. The van der Waals surface area contributed by atoms with Crippen LogP contribution in [0.25, 0.3) is 11.0 Å². The number of hydrogen-bond donors (Lipinski definition) is 1. The van der Waals surface area contributed by atoms with E-state index in [1.54, 1.807) is 13.2 Å². The zero-order valence-electron chi connectivity index (χ0n) is 20.0. The Balaban J connectivity index is 2.24. The lowest BCUT2D eigenvalue weighted by molar-refractivity contribution is -0.144. The molecule has 0 aliphatic carbocycles. The number of hydrogen-bond acceptors (Lipinski definition) is 5. The predicted molar refractivity (Wildman–Crippen MR) is 135 cm³/mol. The molecule has 0 unspecified atom stereocenters. The molecule has 1 aromatic heterocycles. The summed E-state index contributed by atoms with van der Waals surface area (Å²) in [4.78, 5) is 23.4. The van der Waals surface area contributed by atoms with E-state index in [2.05, 4.69) is 19.2 Å². The lowest BCUT2D eigenvalue weighted by Crippen LogP contribution is -2.23. The number of fused-ring (bicyclic) bond motifs is 1. The van der Waals surface area contributed by atoms with Crippen LogP contribution >= 0.6 is 23.2 Å². The van der Waals surface area contributed by atoms with Gasteiger partial charge in [0.2, 0.25) is 5.95 Å². The minimum atomic E-state index is -0.345. The largest absolute Gasteiger partial charge is 0.495 e. The smallest absolute Gasteiger partial charge is 0.333 e. The Morgan fingerprint density at radius 3 is 2.48 bits per heavy atom. The molecule has 0 bridgehead atoms. The van der Waals surface area contributed by atoms with E-state index in [-0.39, 0.29) is 24.2 Å². The maximum absolute atomic E-state index is 12.7. The minimum Gasteiger partial charge on any atom is -0.495 e. The molecule has 3 aromatic rings. The van der Waals surface area contributed by atoms with Gasteiger partial charge in [0, 0.05) is 11.1 Å². The van der Waals surface area contributed by atoms with E-state index in [1.165, 1.54) is 4.73 Å². The van der Waals surface area contributed by atoms with E-state index in [1.807, 2.05) is 39.0 Å². The van der Waals surface area contributed by atoms with Crippen LogP contribution in [0.2, 0.25) is 10.0 Å². The molecule has 1 N–H and O–H groups in total. The summed E-state index contributed by atoms with van der Waals surface area (Å²) in [5.41, 5.74) is 3.85. The molecule has 3 rings (SSSR count). The molecule has 0 saturated carbocycles. The summed E-state index contributed by atoms with van der Waals surface area (Å²) >= 11 is 12.8. The monoisotopic (exact) mass is 491 g/mol. The van der Waals surface area contributed by atoms with Gasteiger partial charge in [0.1, 0.15) is 16.8 Å². The Morgan fingerprint density at radius 1 is 1.18 bits per heavy atom. The number of aromatic nitrogens is 2. The number of rotatable bonds is 9. The number of nitrogens with one attached hydrogen (secondary N) is 1. The first kappa shape index (κ1) is 25.2. The second-order valence-electron chi connectivity index (χ2n) is 8.56. The van der Waals surface area contributed by atoms with Crippen molar-refractivity contribution in [1.29, 1.82) is 0 Å². The lowest BCUT2D eigenvalue weighted by atomic mass is 9.93.